The summed E-state index contributed by atoms with van der Waals surface area (Å²) < 4.78 is 2.52. The molecule has 0 aliphatic carbocycles. The number of aromatic nitrogens is 4. The molecule has 0 unspecified atom stereocenters. The molecule has 0 saturated carbocycles. The van der Waals surface area contributed by atoms with Crippen LogP contribution in [0.3, 0.4) is 0 Å². The molecule has 6 nitrogen and oxygen atoms in total. The molecule has 0 aliphatic rings. The summed E-state index contributed by atoms with van der Waals surface area (Å²) in [4.78, 5) is 33.2. The Morgan fingerprint density at radius 1 is 1.27 bits per heavy atom. The van der Waals surface area contributed by atoms with Gasteiger partial charge in [-0.3, -0.25) is 13.9 Å². The van der Waals surface area contributed by atoms with Crippen molar-refractivity contribution in [3.63, 3.8) is 0 Å². The zero-order valence-electron chi connectivity index (χ0n) is 12.1. The van der Waals surface area contributed by atoms with E-state index in [1.54, 1.807) is 32.2 Å². The van der Waals surface area contributed by atoms with Gasteiger partial charge in [-0.1, -0.05) is 23.7 Å². The molecule has 0 N–H and O–H groups in total. The van der Waals surface area contributed by atoms with Crippen molar-refractivity contribution in [2.24, 2.45) is 7.05 Å². The fourth-order valence-corrected chi connectivity index (χ4v) is 2.54. The topological polar surface area (TPSA) is 69.8 Å². The third-order valence-corrected chi connectivity index (χ3v) is 3.67. The maximum Gasteiger partial charge on any atom is 0.332 e. The minimum atomic E-state index is -0.421. The van der Waals surface area contributed by atoms with Gasteiger partial charge in [0, 0.05) is 18.3 Å². The van der Waals surface area contributed by atoms with Crippen molar-refractivity contribution in [3.05, 3.63) is 67.7 Å². The van der Waals surface area contributed by atoms with Crippen LogP contribution in [0.2, 0.25) is 5.02 Å². The molecule has 2 aromatic heterocycles. The van der Waals surface area contributed by atoms with E-state index in [2.05, 4.69) is 9.97 Å². The van der Waals surface area contributed by atoms with Crippen molar-refractivity contribution in [3.8, 4) is 0 Å². The quantitative estimate of drug-likeness (QED) is 0.718. The minimum absolute atomic E-state index is 0.149. The molecular formula is C15H13ClN4O2. The zero-order valence-corrected chi connectivity index (χ0v) is 12.8. The van der Waals surface area contributed by atoms with E-state index in [9.17, 15) is 9.59 Å². The van der Waals surface area contributed by atoms with E-state index in [4.69, 9.17) is 11.6 Å². The highest BCUT2D eigenvalue weighted by atomic mass is 35.5. The van der Waals surface area contributed by atoms with Crippen LogP contribution in [0.25, 0.3) is 11.0 Å². The summed E-state index contributed by atoms with van der Waals surface area (Å²) in [7, 11) is 1.59. The Hall–Kier alpha value is -2.47. The Morgan fingerprint density at radius 2 is 2.05 bits per heavy atom. The molecule has 0 fully saturated rings. The van der Waals surface area contributed by atoms with E-state index < -0.39 is 11.2 Å². The van der Waals surface area contributed by atoms with Gasteiger partial charge >= 0.3 is 5.69 Å². The van der Waals surface area contributed by atoms with Gasteiger partial charge in [-0.05, 0) is 24.6 Å². The molecule has 7 heteroatoms. The van der Waals surface area contributed by atoms with Gasteiger partial charge in [-0.25, -0.2) is 14.8 Å². The summed E-state index contributed by atoms with van der Waals surface area (Å²) >= 11 is 5.94. The molecular weight excluding hydrogens is 304 g/mol. The summed E-state index contributed by atoms with van der Waals surface area (Å²) in [6.07, 6.45) is 1.45. The van der Waals surface area contributed by atoms with Crippen molar-refractivity contribution >= 4 is 22.6 Å². The lowest BCUT2D eigenvalue weighted by atomic mass is 10.2. The molecule has 3 rings (SSSR count). The van der Waals surface area contributed by atoms with Gasteiger partial charge in [0.05, 0.1) is 6.54 Å². The summed E-state index contributed by atoms with van der Waals surface area (Å²) in [5, 5.41) is 0.872. The van der Waals surface area contributed by atoms with Crippen LogP contribution >= 0.6 is 11.6 Å². The smallest absolute Gasteiger partial charge is 0.280 e. The Labute approximate surface area is 130 Å². The molecule has 0 saturated heterocycles. The van der Waals surface area contributed by atoms with Crippen molar-refractivity contribution in [1.29, 1.82) is 0 Å². The van der Waals surface area contributed by atoms with Crippen LogP contribution in [-0.2, 0) is 13.6 Å². The molecule has 0 bridgehead atoms. The van der Waals surface area contributed by atoms with Gasteiger partial charge in [-0.15, -0.1) is 0 Å². The normalized spacial score (nSPS) is 11.0. The molecule has 0 atom stereocenters. The molecule has 2 heterocycles. The predicted molar refractivity (Wildman–Crippen MR) is 84.3 cm³/mol. The maximum absolute atomic E-state index is 12.5. The van der Waals surface area contributed by atoms with Gasteiger partial charge in [-0.2, -0.15) is 0 Å². The van der Waals surface area contributed by atoms with Crippen LogP contribution < -0.4 is 11.2 Å². The Balaban J connectivity index is 2.25. The first-order valence-corrected chi connectivity index (χ1v) is 7.03. The molecule has 0 radical (unpaired) electrons. The van der Waals surface area contributed by atoms with E-state index in [-0.39, 0.29) is 6.54 Å². The minimum Gasteiger partial charge on any atom is -0.280 e. The van der Waals surface area contributed by atoms with Crippen molar-refractivity contribution in [2.75, 3.05) is 0 Å². The second-order valence-electron chi connectivity index (χ2n) is 5.02. The molecule has 3 aromatic rings. The summed E-state index contributed by atoms with van der Waals surface area (Å²) in [5.74, 6) is 0.509. The van der Waals surface area contributed by atoms with Gasteiger partial charge in [0.1, 0.15) is 11.2 Å². The fourth-order valence-electron chi connectivity index (χ4n) is 2.33. The van der Waals surface area contributed by atoms with Crippen molar-refractivity contribution in [1.82, 2.24) is 19.1 Å². The summed E-state index contributed by atoms with van der Waals surface area (Å²) in [6, 6.07) is 7.06. The molecule has 0 spiro atoms. The largest absolute Gasteiger partial charge is 0.332 e. The predicted octanol–water partition coefficient (Wildman–Crippen LogP) is 1.50. The zero-order chi connectivity index (χ0) is 15.9. The van der Waals surface area contributed by atoms with Crippen LogP contribution in [0.4, 0.5) is 0 Å². The fraction of sp³-hybridized carbons (Fsp3) is 0.200. The lowest BCUT2D eigenvalue weighted by molar-refractivity contribution is 0.655. The van der Waals surface area contributed by atoms with Crippen LogP contribution in [0.1, 0.15) is 11.4 Å². The number of nitrogens with zero attached hydrogens (tertiary/aromatic N) is 4. The third kappa shape index (κ3) is 2.42. The van der Waals surface area contributed by atoms with Crippen molar-refractivity contribution < 1.29 is 0 Å². The van der Waals surface area contributed by atoms with Crippen LogP contribution in [0.15, 0.2) is 40.1 Å². The second kappa shape index (κ2) is 5.38. The summed E-state index contributed by atoms with van der Waals surface area (Å²) in [5.41, 5.74) is 0.289. The Kier molecular flexibility index (Phi) is 3.54. The number of rotatable bonds is 2. The van der Waals surface area contributed by atoms with Crippen LogP contribution in [-0.4, -0.2) is 19.1 Å². The molecule has 0 amide bonds. The molecule has 112 valence electrons. The van der Waals surface area contributed by atoms with Gasteiger partial charge in [0.25, 0.3) is 5.56 Å². The molecule has 1 aromatic carbocycles. The van der Waals surface area contributed by atoms with E-state index in [0.717, 1.165) is 10.1 Å². The van der Waals surface area contributed by atoms with E-state index >= 15 is 0 Å². The lowest BCUT2D eigenvalue weighted by Gasteiger charge is -2.10. The summed E-state index contributed by atoms with van der Waals surface area (Å²) in [6.45, 7) is 1.86. The van der Waals surface area contributed by atoms with Gasteiger partial charge in [0.2, 0.25) is 0 Å². The maximum atomic E-state index is 12.5. The van der Waals surface area contributed by atoms with Crippen LogP contribution in [0, 0.1) is 6.92 Å². The number of aryl methyl sites for hydroxylation is 2. The second-order valence-corrected chi connectivity index (χ2v) is 5.45. The van der Waals surface area contributed by atoms with E-state index in [0.29, 0.717) is 21.9 Å². The highest BCUT2D eigenvalue weighted by Gasteiger charge is 2.13. The average Bonchev–Trinajstić information content (AvgIpc) is 2.49. The lowest BCUT2D eigenvalue weighted by Crippen LogP contribution is -2.39. The number of hydrogen-bond acceptors (Lipinski definition) is 4. The number of benzene rings is 1. The van der Waals surface area contributed by atoms with Gasteiger partial charge in [0.15, 0.2) is 5.65 Å². The Morgan fingerprint density at radius 3 is 2.77 bits per heavy atom. The average molecular weight is 317 g/mol. The number of fused-ring (bicyclic) bond motifs is 1. The third-order valence-electron chi connectivity index (χ3n) is 3.43. The monoisotopic (exact) mass is 316 g/mol. The number of hydrogen-bond donors (Lipinski definition) is 0. The molecule has 22 heavy (non-hydrogen) atoms. The van der Waals surface area contributed by atoms with Crippen molar-refractivity contribution in [2.45, 2.75) is 13.5 Å². The SMILES string of the molecule is Cc1ncc2c(=O)n(Cc3cccc(Cl)c3)c(=O)n(C)c2n1. The molecule has 0 aliphatic heterocycles. The van der Waals surface area contributed by atoms with Crippen LogP contribution in [0.5, 0.6) is 0 Å². The first-order valence-electron chi connectivity index (χ1n) is 6.65. The van der Waals surface area contributed by atoms with E-state index in [1.807, 2.05) is 6.07 Å². The highest BCUT2D eigenvalue weighted by molar-refractivity contribution is 6.30. The first-order chi connectivity index (χ1) is 10.5. The number of halogens is 1. The first kappa shape index (κ1) is 14.5. The standard InChI is InChI=1S/C15H13ClN4O2/c1-9-17-7-12-13(18-9)19(2)15(22)20(14(12)21)8-10-4-3-5-11(16)6-10/h3-7H,8H2,1-2H3. The highest BCUT2D eigenvalue weighted by Crippen LogP contribution is 2.11. The Bertz CT molecular complexity index is 991. The van der Waals surface area contributed by atoms with E-state index in [1.165, 1.54) is 10.8 Å². The van der Waals surface area contributed by atoms with Gasteiger partial charge < -0.3 is 0 Å².